The van der Waals surface area contributed by atoms with Gasteiger partial charge in [0.2, 0.25) is 0 Å². The van der Waals surface area contributed by atoms with E-state index in [1.807, 2.05) is 18.2 Å². The Morgan fingerprint density at radius 1 is 1.19 bits per heavy atom. The second-order valence-electron chi connectivity index (χ2n) is 6.37. The molecule has 1 aliphatic heterocycles. The SMILES string of the molecule is N#Cc1ccc(NC[C@H]2CCN(CCOc3cccc(C#N)c3)C2)nc1. The van der Waals surface area contributed by atoms with Crippen molar-refractivity contribution < 1.29 is 4.74 Å². The van der Waals surface area contributed by atoms with Gasteiger partial charge in [-0.05, 0) is 49.2 Å². The second-order valence-corrected chi connectivity index (χ2v) is 6.37. The molecular formula is C20H21N5O. The third-order valence-corrected chi connectivity index (χ3v) is 4.47. The zero-order chi connectivity index (χ0) is 18.2. The molecule has 3 rings (SSSR count). The molecule has 0 aliphatic carbocycles. The fourth-order valence-electron chi connectivity index (χ4n) is 3.04. The quantitative estimate of drug-likeness (QED) is 0.829. The van der Waals surface area contributed by atoms with Crippen molar-refractivity contribution in [3.05, 3.63) is 53.7 Å². The molecule has 0 bridgehead atoms. The predicted octanol–water partition coefficient (Wildman–Crippen LogP) is 2.64. The lowest BCUT2D eigenvalue weighted by Gasteiger charge is -2.17. The van der Waals surface area contributed by atoms with Crippen LogP contribution in [0.25, 0.3) is 0 Å². The number of ether oxygens (including phenoxy) is 1. The van der Waals surface area contributed by atoms with E-state index in [4.69, 9.17) is 15.3 Å². The van der Waals surface area contributed by atoms with Crippen LogP contribution in [0.5, 0.6) is 5.75 Å². The van der Waals surface area contributed by atoms with Crippen molar-refractivity contribution in [3.63, 3.8) is 0 Å². The van der Waals surface area contributed by atoms with Crippen molar-refractivity contribution in [2.45, 2.75) is 6.42 Å². The van der Waals surface area contributed by atoms with Crippen LogP contribution in [0.3, 0.4) is 0 Å². The summed E-state index contributed by atoms with van der Waals surface area (Å²) in [6.07, 6.45) is 2.73. The number of likely N-dealkylation sites (tertiary alicyclic amines) is 1. The Hall–Kier alpha value is -3.09. The Morgan fingerprint density at radius 3 is 2.85 bits per heavy atom. The smallest absolute Gasteiger partial charge is 0.125 e. The first-order valence-electron chi connectivity index (χ1n) is 8.72. The number of nitriles is 2. The maximum Gasteiger partial charge on any atom is 0.125 e. The fourth-order valence-corrected chi connectivity index (χ4v) is 3.04. The summed E-state index contributed by atoms with van der Waals surface area (Å²) < 4.78 is 5.75. The Bertz CT molecular complexity index is 806. The molecule has 1 aromatic heterocycles. The normalized spacial score (nSPS) is 16.6. The average Bonchev–Trinajstić information content (AvgIpc) is 3.15. The van der Waals surface area contributed by atoms with Gasteiger partial charge < -0.3 is 10.1 Å². The minimum Gasteiger partial charge on any atom is -0.492 e. The molecule has 2 aromatic rings. The van der Waals surface area contributed by atoms with E-state index in [2.05, 4.69) is 27.3 Å². The first-order chi connectivity index (χ1) is 12.8. The van der Waals surface area contributed by atoms with Gasteiger partial charge in [0, 0.05) is 25.8 Å². The van der Waals surface area contributed by atoms with Crippen LogP contribution in [0, 0.1) is 28.6 Å². The Kier molecular flexibility index (Phi) is 6.03. The van der Waals surface area contributed by atoms with Crippen LogP contribution in [-0.4, -0.2) is 42.7 Å². The molecule has 132 valence electrons. The number of benzene rings is 1. The molecule has 0 amide bonds. The Labute approximate surface area is 153 Å². The monoisotopic (exact) mass is 347 g/mol. The maximum absolute atomic E-state index is 8.91. The highest BCUT2D eigenvalue weighted by Crippen LogP contribution is 2.17. The van der Waals surface area contributed by atoms with Gasteiger partial charge in [-0.15, -0.1) is 0 Å². The van der Waals surface area contributed by atoms with Crippen LogP contribution in [0.15, 0.2) is 42.6 Å². The largest absolute Gasteiger partial charge is 0.492 e. The molecular weight excluding hydrogens is 326 g/mol. The predicted molar refractivity (Wildman–Crippen MR) is 98.6 cm³/mol. The van der Waals surface area contributed by atoms with Crippen LogP contribution < -0.4 is 10.1 Å². The highest BCUT2D eigenvalue weighted by Gasteiger charge is 2.22. The molecule has 1 saturated heterocycles. The molecule has 1 aliphatic rings. The molecule has 1 aromatic carbocycles. The van der Waals surface area contributed by atoms with Crippen molar-refractivity contribution in [3.8, 4) is 17.9 Å². The molecule has 1 N–H and O–H groups in total. The zero-order valence-corrected chi connectivity index (χ0v) is 14.6. The lowest BCUT2D eigenvalue weighted by Crippen LogP contribution is -2.27. The summed E-state index contributed by atoms with van der Waals surface area (Å²) in [6.45, 7) is 4.47. The van der Waals surface area contributed by atoms with Crippen LogP contribution in [0.4, 0.5) is 5.82 Å². The van der Waals surface area contributed by atoms with E-state index in [-0.39, 0.29) is 0 Å². The van der Waals surface area contributed by atoms with Crippen molar-refractivity contribution in [2.75, 3.05) is 38.1 Å². The van der Waals surface area contributed by atoms with Gasteiger partial charge in [-0.25, -0.2) is 4.98 Å². The summed E-state index contributed by atoms with van der Waals surface area (Å²) in [7, 11) is 0. The fraction of sp³-hybridized carbons (Fsp3) is 0.350. The highest BCUT2D eigenvalue weighted by molar-refractivity contribution is 5.39. The zero-order valence-electron chi connectivity index (χ0n) is 14.6. The molecule has 0 radical (unpaired) electrons. The summed E-state index contributed by atoms with van der Waals surface area (Å²) in [6, 6.07) is 15.1. The molecule has 0 spiro atoms. The second kappa shape index (κ2) is 8.84. The summed E-state index contributed by atoms with van der Waals surface area (Å²) in [5.41, 5.74) is 1.19. The first-order valence-corrected chi connectivity index (χ1v) is 8.72. The molecule has 0 unspecified atom stereocenters. The van der Waals surface area contributed by atoms with Crippen LogP contribution in [0.2, 0.25) is 0 Å². The van der Waals surface area contributed by atoms with Crippen molar-refractivity contribution >= 4 is 5.82 Å². The van der Waals surface area contributed by atoms with Gasteiger partial charge in [0.25, 0.3) is 0 Å². The minimum atomic E-state index is 0.572. The standard InChI is InChI=1S/C20H21N5O/c21-11-16-2-1-3-19(10-16)26-9-8-25-7-6-18(15-25)14-24-20-5-4-17(12-22)13-23-20/h1-5,10,13,18H,6-9,14-15H2,(H,23,24)/t18-/m1/s1. The molecule has 6 nitrogen and oxygen atoms in total. The van der Waals surface area contributed by atoms with E-state index in [1.54, 1.807) is 24.4 Å². The average molecular weight is 347 g/mol. The molecule has 26 heavy (non-hydrogen) atoms. The number of rotatable bonds is 7. The van der Waals surface area contributed by atoms with E-state index in [0.29, 0.717) is 23.7 Å². The third-order valence-electron chi connectivity index (χ3n) is 4.47. The van der Waals surface area contributed by atoms with Crippen molar-refractivity contribution in [1.29, 1.82) is 10.5 Å². The highest BCUT2D eigenvalue weighted by atomic mass is 16.5. The van der Waals surface area contributed by atoms with Gasteiger partial charge in [0.05, 0.1) is 17.2 Å². The van der Waals surface area contributed by atoms with Gasteiger partial charge in [-0.2, -0.15) is 10.5 Å². The van der Waals surface area contributed by atoms with E-state index in [0.717, 1.165) is 44.2 Å². The summed E-state index contributed by atoms with van der Waals surface area (Å²) in [4.78, 5) is 6.63. The number of nitrogens with zero attached hydrogens (tertiary/aromatic N) is 4. The number of anilines is 1. The Balaban J connectivity index is 1.37. The minimum absolute atomic E-state index is 0.572. The lowest BCUT2D eigenvalue weighted by molar-refractivity contribution is 0.233. The first kappa shape index (κ1) is 17.7. The lowest BCUT2D eigenvalue weighted by atomic mass is 10.1. The van der Waals surface area contributed by atoms with Crippen molar-refractivity contribution in [2.24, 2.45) is 5.92 Å². The van der Waals surface area contributed by atoms with Gasteiger partial charge in [0.1, 0.15) is 24.2 Å². The molecule has 2 heterocycles. The van der Waals surface area contributed by atoms with Crippen LogP contribution >= 0.6 is 0 Å². The van der Waals surface area contributed by atoms with Gasteiger partial charge in [-0.1, -0.05) is 6.07 Å². The van der Waals surface area contributed by atoms with Crippen LogP contribution in [0.1, 0.15) is 17.5 Å². The molecule has 0 saturated carbocycles. The Morgan fingerprint density at radius 2 is 2.08 bits per heavy atom. The van der Waals surface area contributed by atoms with E-state index in [1.165, 1.54) is 0 Å². The molecule has 1 fully saturated rings. The van der Waals surface area contributed by atoms with E-state index in [9.17, 15) is 0 Å². The van der Waals surface area contributed by atoms with E-state index < -0.39 is 0 Å². The molecule has 6 heteroatoms. The summed E-state index contributed by atoms with van der Waals surface area (Å²) in [5.74, 6) is 2.13. The maximum atomic E-state index is 8.91. The van der Waals surface area contributed by atoms with Crippen molar-refractivity contribution in [1.82, 2.24) is 9.88 Å². The van der Waals surface area contributed by atoms with Gasteiger partial charge in [-0.3, -0.25) is 4.90 Å². The number of pyridine rings is 1. The molecule has 1 atom stereocenters. The summed E-state index contributed by atoms with van der Waals surface area (Å²) in [5, 5.41) is 21.0. The number of aromatic nitrogens is 1. The van der Waals surface area contributed by atoms with E-state index >= 15 is 0 Å². The van der Waals surface area contributed by atoms with Gasteiger partial charge >= 0.3 is 0 Å². The number of hydrogen-bond donors (Lipinski definition) is 1. The summed E-state index contributed by atoms with van der Waals surface area (Å²) >= 11 is 0. The van der Waals surface area contributed by atoms with Crippen LogP contribution in [-0.2, 0) is 0 Å². The number of hydrogen-bond acceptors (Lipinski definition) is 6. The topological polar surface area (TPSA) is 85.0 Å². The third kappa shape index (κ3) is 4.95. The number of nitrogens with one attached hydrogen (secondary N) is 1. The van der Waals surface area contributed by atoms with Gasteiger partial charge in [0.15, 0.2) is 0 Å².